The summed E-state index contributed by atoms with van der Waals surface area (Å²) in [4.78, 5) is 10.5. The number of rotatable bonds is 3. The SMILES string of the molecule is CN1CCC(C)(CNc2nc(N)ncc2Br)CC1. The molecule has 0 atom stereocenters. The van der Waals surface area contributed by atoms with Crippen LogP contribution in [0.15, 0.2) is 10.7 Å². The van der Waals surface area contributed by atoms with Crippen LogP contribution < -0.4 is 11.1 Å². The van der Waals surface area contributed by atoms with Gasteiger partial charge in [-0.15, -0.1) is 0 Å². The van der Waals surface area contributed by atoms with Gasteiger partial charge in [0, 0.05) is 12.7 Å². The Kier molecular flexibility index (Phi) is 4.07. The first kappa shape index (κ1) is 13.5. The highest BCUT2D eigenvalue weighted by atomic mass is 79.9. The summed E-state index contributed by atoms with van der Waals surface area (Å²) in [7, 11) is 2.18. The van der Waals surface area contributed by atoms with Gasteiger partial charge in [-0.2, -0.15) is 4.98 Å². The van der Waals surface area contributed by atoms with Gasteiger partial charge >= 0.3 is 0 Å². The van der Waals surface area contributed by atoms with Crippen LogP contribution in [0, 0.1) is 5.41 Å². The minimum Gasteiger partial charge on any atom is -0.368 e. The lowest BCUT2D eigenvalue weighted by Gasteiger charge is -2.38. The third-order valence-corrected chi connectivity index (χ3v) is 4.22. The molecule has 0 saturated carbocycles. The first-order valence-electron chi connectivity index (χ1n) is 6.19. The molecule has 1 saturated heterocycles. The third-order valence-electron chi connectivity index (χ3n) is 3.64. The molecule has 2 heterocycles. The lowest BCUT2D eigenvalue weighted by atomic mass is 9.80. The summed E-state index contributed by atoms with van der Waals surface area (Å²) in [6, 6.07) is 0. The van der Waals surface area contributed by atoms with Gasteiger partial charge in [-0.05, 0) is 54.3 Å². The van der Waals surface area contributed by atoms with Gasteiger partial charge in [0.2, 0.25) is 5.95 Å². The second kappa shape index (κ2) is 5.40. The van der Waals surface area contributed by atoms with E-state index in [9.17, 15) is 0 Å². The molecule has 1 aromatic heterocycles. The maximum absolute atomic E-state index is 5.60. The van der Waals surface area contributed by atoms with E-state index in [4.69, 9.17) is 5.73 Å². The second-order valence-corrected chi connectivity index (χ2v) is 6.25. The molecule has 0 aromatic carbocycles. The molecule has 0 spiro atoms. The monoisotopic (exact) mass is 313 g/mol. The average molecular weight is 314 g/mol. The van der Waals surface area contributed by atoms with Crippen molar-refractivity contribution in [3.05, 3.63) is 10.7 Å². The van der Waals surface area contributed by atoms with E-state index >= 15 is 0 Å². The predicted octanol–water partition coefficient (Wildman–Crippen LogP) is 1.97. The van der Waals surface area contributed by atoms with E-state index < -0.39 is 0 Å². The summed E-state index contributed by atoms with van der Waals surface area (Å²) in [5.74, 6) is 1.08. The topological polar surface area (TPSA) is 67.1 Å². The summed E-state index contributed by atoms with van der Waals surface area (Å²) < 4.78 is 0.855. The quantitative estimate of drug-likeness (QED) is 0.893. The fourth-order valence-corrected chi connectivity index (χ4v) is 2.47. The van der Waals surface area contributed by atoms with E-state index in [-0.39, 0.29) is 0 Å². The van der Waals surface area contributed by atoms with Crippen LogP contribution in [-0.2, 0) is 0 Å². The molecule has 1 aliphatic rings. The Balaban J connectivity index is 1.96. The number of aromatic nitrogens is 2. The van der Waals surface area contributed by atoms with Crippen LogP contribution in [0.1, 0.15) is 19.8 Å². The molecular formula is C12H20BrN5. The minimum atomic E-state index is 0.300. The van der Waals surface area contributed by atoms with Crippen LogP contribution in [0.2, 0.25) is 0 Å². The zero-order valence-corrected chi connectivity index (χ0v) is 12.5. The van der Waals surface area contributed by atoms with Gasteiger partial charge < -0.3 is 16.0 Å². The van der Waals surface area contributed by atoms with Gasteiger partial charge in [0.05, 0.1) is 4.47 Å². The van der Waals surface area contributed by atoms with Crippen molar-refractivity contribution in [1.82, 2.24) is 14.9 Å². The minimum absolute atomic E-state index is 0.300. The highest BCUT2D eigenvalue weighted by molar-refractivity contribution is 9.10. The van der Waals surface area contributed by atoms with E-state index in [1.807, 2.05) is 0 Å². The predicted molar refractivity (Wildman–Crippen MR) is 77.5 cm³/mol. The van der Waals surface area contributed by atoms with Crippen molar-refractivity contribution in [2.24, 2.45) is 5.41 Å². The molecule has 0 radical (unpaired) electrons. The van der Waals surface area contributed by atoms with Crippen LogP contribution in [0.4, 0.5) is 11.8 Å². The first-order valence-corrected chi connectivity index (χ1v) is 6.98. The maximum Gasteiger partial charge on any atom is 0.221 e. The summed E-state index contributed by atoms with van der Waals surface area (Å²) >= 11 is 3.43. The molecule has 1 fully saturated rings. The van der Waals surface area contributed by atoms with Crippen molar-refractivity contribution in [2.45, 2.75) is 19.8 Å². The Bertz CT molecular complexity index is 415. The first-order chi connectivity index (χ1) is 8.48. The van der Waals surface area contributed by atoms with E-state index in [2.05, 4.69) is 50.1 Å². The molecule has 3 N–H and O–H groups in total. The zero-order chi connectivity index (χ0) is 13.2. The molecule has 2 rings (SSSR count). The molecule has 0 amide bonds. The van der Waals surface area contributed by atoms with E-state index in [0.29, 0.717) is 11.4 Å². The third kappa shape index (κ3) is 3.32. The largest absolute Gasteiger partial charge is 0.368 e. The fourth-order valence-electron chi connectivity index (χ4n) is 2.14. The van der Waals surface area contributed by atoms with Crippen molar-refractivity contribution in [2.75, 3.05) is 37.7 Å². The lowest BCUT2D eigenvalue weighted by Crippen LogP contribution is -2.40. The summed E-state index contributed by atoms with van der Waals surface area (Å²) in [5.41, 5.74) is 5.92. The number of likely N-dealkylation sites (tertiary alicyclic amines) is 1. The molecule has 1 aliphatic heterocycles. The maximum atomic E-state index is 5.60. The highest BCUT2D eigenvalue weighted by Crippen LogP contribution is 2.31. The fraction of sp³-hybridized carbons (Fsp3) is 0.667. The number of nitrogens with zero attached hydrogens (tertiary/aromatic N) is 3. The van der Waals surface area contributed by atoms with Gasteiger partial charge in [-0.3, -0.25) is 0 Å². The average Bonchev–Trinajstić information content (AvgIpc) is 2.35. The summed E-state index contributed by atoms with van der Waals surface area (Å²) in [6.45, 7) is 5.55. The Hall–Kier alpha value is -0.880. The Morgan fingerprint density at radius 2 is 2.17 bits per heavy atom. The number of nitrogen functional groups attached to an aromatic ring is 1. The van der Waals surface area contributed by atoms with Crippen molar-refractivity contribution in [1.29, 1.82) is 0 Å². The molecule has 100 valence electrons. The van der Waals surface area contributed by atoms with Crippen molar-refractivity contribution < 1.29 is 0 Å². The molecular weight excluding hydrogens is 294 g/mol. The van der Waals surface area contributed by atoms with E-state index in [0.717, 1.165) is 29.9 Å². The van der Waals surface area contributed by atoms with Gasteiger partial charge in [0.25, 0.3) is 0 Å². The zero-order valence-electron chi connectivity index (χ0n) is 10.9. The Labute approximate surface area is 116 Å². The van der Waals surface area contributed by atoms with Crippen molar-refractivity contribution in [3.63, 3.8) is 0 Å². The number of halogens is 1. The molecule has 18 heavy (non-hydrogen) atoms. The smallest absolute Gasteiger partial charge is 0.221 e. The van der Waals surface area contributed by atoms with Crippen LogP contribution in [0.25, 0.3) is 0 Å². The van der Waals surface area contributed by atoms with Gasteiger partial charge in [-0.1, -0.05) is 6.92 Å². The van der Waals surface area contributed by atoms with Gasteiger partial charge in [0.1, 0.15) is 5.82 Å². The number of piperidine rings is 1. The molecule has 6 heteroatoms. The molecule has 5 nitrogen and oxygen atoms in total. The normalized spacial score (nSPS) is 19.7. The molecule has 0 unspecified atom stereocenters. The number of hydrogen-bond acceptors (Lipinski definition) is 5. The Morgan fingerprint density at radius 1 is 1.50 bits per heavy atom. The molecule has 0 bridgehead atoms. The van der Waals surface area contributed by atoms with Gasteiger partial charge in [0.15, 0.2) is 0 Å². The number of nitrogens with one attached hydrogen (secondary N) is 1. The van der Waals surface area contributed by atoms with E-state index in [1.54, 1.807) is 6.20 Å². The van der Waals surface area contributed by atoms with Crippen molar-refractivity contribution in [3.8, 4) is 0 Å². The van der Waals surface area contributed by atoms with Gasteiger partial charge in [-0.25, -0.2) is 4.98 Å². The molecule has 1 aromatic rings. The second-order valence-electron chi connectivity index (χ2n) is 5.39. The standard InChI is InChI=1S/C12H20BrN5/c1-12(3-5-18(2)6-4-12)8-16-10-9(13)7-15-11(14)17-10/h7H,3-6,8H2,1-2H3,(H3,14,15,16,17). The van der Waals surface area contributed by atoms with Crippen LogP contribution in [0.3, 0.4) is 0 Å². The summed E-state index contributed by atoms with van der Waals surface area (Å²) in [5, 5.41) is 3.38. The van der Waals surface area contributed by atoms with E-state index in [1.165, 1.54) is 12.8 Å². The molecule has 0 aliphatic carbocycles. The summed E-state index contributed by atoms with van der Waals surface area (Å²) in [6.07, 6.45) is 4.09. The lowest BCUT2D eigenvalue weighted by molar-refractivity contribution is 0.150. The van der Waals surface area contributed by atoms with Crippen LogP contribution >= 0.6 is 15.9 Å². The highest BCUT2D eigenvalue weighted by Gasteiger charge is 2.28. The number of nitrogens with two attached hydrogens (primary N) is 1. The van der Waals surface area contributed by atoms with Crippen LogP contribution in [-0.4, -0.2) is 41.5 Å². The van der Waals surface area contributed by atoms with Crippen LogP contribution in [0.5, 0.6) is 0 Å². The number of anilines is 2. The number of hydrogen-bond donors (Lipinski definition) is 2. The van der Waals surface area contributed by atoms with Crippen molar-refractivity contribution >= 4 is 27.7 Å². The Morgan fingerprint density at radius 3 is 2.83 bits per heavy atom.